The highest BCUT2D eigenvalue weighted by Crippen LogP contribution is 2.25. The molecular formula is C15H21N3O2. The van der Waals surface area contributed by atoms with E-state index in [0.29, 0.717) is 18.8 Å². The van der Waals surface area contributed by atoms with Crippen LogP contribution in [0.5, 0.6) is 0 Å². The second-order valence-corrected chi connectivity index (χ2v) is 5.85. The Labute approximate surface area is 119 Å². The van der Waals surface area contributed by atoms with Crippen LogP contribution in [0.3, 0.4) is 0 Å². The van der Waals surface area contributed by atoms with Crippen molar-refractivity contribution in [2.75, 3.05) is 18.8 Å². The molecular weight excluding hydrogens is 254 g/mol. The number of rotatable bonds is 1. The maximum absolute atomic E-state index is 12.0. The van der Waals surface area contributed by atoms with Gasteiger partial charge in [-0.15, -0.1) is 0 Å². The Bertz CT molecular complexity index is 532. The first-order chi connectivity index (χ1) is 9.37. The lowest BCUT2D eigenvalue weighted by molar-refractivity contribution is 0.0270. The number of carbonyl (C=O) groups excluding carboxylic acids is 1. The van der Waals surface area contributed by atoms with Gasteiger partial charge >= 0.3 is 6.09 Å². The molecule has 0 aromatic carbocycles. The van der Waals surface area contributed by atoms with Crippen LogP contribution < -0.4 is 5.73 Å². The number of pyridine rings is 1. The van der Waals surface area contributed by atoms with Crippen LogP contribution in [0.15, 0.2) is 24.4 Å². The van der Waals surface area contributed by atoms with Crippen LogP contribution in [0.2, 0.25) is 0 Å². The average molecular weight is 275 g/mol. The lowest BCUT2D eigenvalue weighted by atomic mass is 10.0. The second kappa shape index (κ2) is 5.53. The quantitative estimate of drug-likeness (QED) is 0.855. The standard InChI is InChI=1S/C15H21N3O2/c1-15(2,3)20-14(19)18-9-6-11(7-10-18)13-12(16)5-4-8-17-13/h4-6,8H,7,9-10,16H2,1-3H3. The van der Waals surface area contributed by atoms with Crippen LogP contribution in [0.25, 0.3) is 5.57 Å². The smallest absolute Gasteiger partial charge is 0.410 e. The van der Waals surface area contributed by atoms with Crippen molar-refractivity contribution in [3.05, 3.63) is 30.1 Å². The van der Waals surface area contributed by atoms with Crippen LogP contribution in [0, 0.1) is 0 Å². The molecule has 1 amide bonds. The molecule has 0 saturated carbocycles. The summed E-state index contributed by atoms with van der Waals surface area (Å²) in [5, 5.41) is 0. The summed E-state index contributed by atoms with van der Waals surface area (Å²) in [6, 6.07) is 3.65. The Balaban J connectivity index is 2.04. The lowest BCUT2D eigenvalue weighted by Crippen LogP contribution is -2.39. The fraction of sp³-hybridized carbons (Fsp3) is 0.467. The van der Waals surface area contributed by atoms with E-state index in [-0.39, 0.29) is 6.09 Å². The fourth-order valence-electron chi connectivity index (χ4n) is 2.06. The minimum atomic E-state index is -0.466. The second-order valence-electron chi connectivity index (χ2n) is 5.85. The molecule has 1 aromatic heterocycles. The SMILES string of the molecule is CC(C)(C)OC(=O)N1CC=C(c2ncccc2N)CC1. The third-order valence-electron chi connectivity index (χ3n) is 3.00. The predicted octanol–water partition coefficient (Wildman–Crippen LogP) is 2.69. The van der Waals surface area contributed by atoms with Gasteiger partial charge in [0.05, 0.1) is 11.4 Å². The van der Waals surface area contributed by atoms with Crippen LogP contribution in [0.4, 0.5) is 10.5 Å². The summed E-state index contributed by atoms with van der Waals surface area (Å²) < 4.78 is 5.36. The van der Waals surface area contributed by atoms with Gasteiger partial charge in [0.15, 0.2) is 0 Å². The minimum absolute atomic E-state index is 0.276. The maximum atomic E-state index is 12.0. The summed E-state index contributed by atoms with van der Waals surface area (Å²) in [7, 11) is 0. The van der Waals surface area contributed by atoms with Gasteiger partial charge in [-0.05, 0) is 44.9 Å². The predicted molar refractivity (Wildman–Crippen MR) is 79.1 cm³/mol. The van der Waals surface area contributed by atoms with E-state index < -0.39 is 5.60 Å². The Morgan fingerprint density at radius 3 is 2.75 bits per heavy atom. The monoisotopic (exact) mass is 275 g/mol. The Morgan fingerprint density at radius 1 is 1.45 bits per heavy atom. The molecule has 5 nitrogen and oxygen atoms in total. The topological polar surface area (TPSA) is 68.5 Å². The number of amides is 1. The van der Waals surface area contributed by atoms with Gasteiger partial charge in [-0.2, -0.15) is 0 Å². The van der Waals surface area contributed by atoms with Crippen molar-refractivity contribution in [2.45, 2.75) is 32.8 Å². The number of hydrogen-bond donors (Lipinski definition) is 1. The van der Waals surface area contributed by atoms with E-state index in [0.717, 1.165) is 17.7 Å². The molecule has 0 bridgehead atoms. The largest absolute Gasteiger partial charge is 0.444 e. The third kappa shape index (κ3) is 3.50. The van der Waals surface area contributed by atoms with Gasteiger partial charge in [0.25, 0.3) is 0 Å². The zero-order chi connectivity index (χ0) is 14.8. The highest BCUT2D eigenvalue weighted by molar-refractivity contribution is 5.75. The third-order valence-corrected chi connectivity index (χ3v) is 3.00. The molecule has 0 radical (unpaired) electrons. The Hall–Kier alpha value is -2.04. The van der Waals surface area contributed by atoms with Gasteiger partial charge in [-0.3, -0.25) is 4.98 Å². The van der Waals surface area contributed by atoms with Gasteiger partial charge in [0.1, 0.15) is 5.60 Å². The van der Waals surface area contributed by atoms with E-state index in [1.807, 2.05) is 39.0 Å². The van der Waals surface area contributed by atoms with Crippen LogP contribution >= 0.6 is 0 Å². The van der Waals surface area contributed by atoms with Crippen LogP contribution in [-0.4, -0.2) is 34.7 Å². The van der Waals surface area contributed by atoms with Gasteiger partial charge in [0, 0.05) is 19.3 Å². The maximum Gasteiger partial charge on any atom is 0.410 e. The number of nitrogens with two attached hydrogens (primary N) is 1. The summed E-state index contributed by atoms with van der Waals surface area (Å²) in [5.74, 6) is 0. The number of anilines is 1. The summed E-state index contributed by atoms with van der Waals surface area (Å²) >= 11 is 0. The molecule has 20 heavy (non-hydrogen) atoms. The number of nitrogen functional groups attached to an aromatic ring is 1. The van der Waals surface area contributed by atoms with E-state index in [2.05, 4.69) is 4.98 Å². The lowest BCUT2D eigenvalue weighted by Gasteiger charge is -2.29. The molecule has 0 fully saturated rings. The van der Waals surface area contributed by atoms with Crippen molar-refractivity contribution in [2.24, 2.45) is 0 Å². The van der Waals surface area contributed by atoms with Gasteiger partial charge in [0.2, 0.25) is 0 Å². The molecule has 108 valence electrons. The number of aromatic nitrogens is 1. The Morgan fingerprint density at radius 2 is 2.20 bits per heavy atom. The summed E-state index contributed by atoms with van der Waals surface area (Å²) in [6.45, 7) is 6.75. The Kier molecular flexibility index (Phi) is 3.97. The van der Waals surface area contributed by atoms with E-state index in [4.69, 9.17) is 10.5 Å². The minimum Gasteiger partial charge on any atom is -0.444 e. The van der Waals surface area contributed by atoms with Crippen molar-refractivity contribution in [3.63, 3.8) is 0 Å². The van der Waals surface area contributed by atoms with Crippen LogP contribution in [0.1, 0.15) is 32.9 Å². The van der Waals surface area contributed by atoms with E-state index in [9.17, 15) is 4.79 Å². The van der Waals surface area contributed by atoms with E-state index in [1.165, 1.54) is 0 Å². The first kappa shape index (κ1) is 14.4. The number of carbonyl (C=O) groups is 1. The first-order valence-corrected chi connectivity index (χ1v) is 6.74. The molecule has 2 N–H and O–H groups in total. The number of nitrogens with zero attached hydrogens (tertiary/aromatic N) is 2. The summed E-state index contributed by atoms with van der Waals surface area (Å²) in [5.41, 5.74) is 8.03. The molecule has 2 rings (SSSR count). The molecule has 0 spiro atoms. The van der Waals surface area contributed by atoms with Crippen molar-refractivity contribution < 1.29 is 9.53 Å². The van der Waals surface area contributed by atoms with Gasteiger partial charge in [-0.1, -0.05) is 6.08 Å². The molecule has 0 saturated heterocycles. The number of ether oxygens (including phenoxy) is 1. The summed E-state index contributed by atoms with van der Waals surface area (Å²) in [6.07, 6.45) is 4.18. The highest BCUT2D eigenvalue weighted by Gasteiger charge is 2.24. The van der Waals surface area contributed by atoms with Gasteiger partial charge in [-0.25, -0.2) is 4.79 Å². The average Bonchev–Trinajstić information content (AvgIpc) is 2.37. The van der Waals surface area contributed by atoms with E-state index >= 15 is 0 Å². The highest BCUT2D eigenvalue weighted by atomic mass is 16.6. The molecule has 1 aliphatic rings. The number of hydrogen-bond acceptors (Lipinski definition) is 4. The molecule has 1 aliphatic heterocycles. The molecule has 0 unspecified atom stereocenters. The molecule has 5 heteroatoms. The van der Waals surface area contributed by atoms with Crippen molar-refractivity contribution in [3.8, 4) is 0 Å². The van der Waals surface area contributed by atoms with Crippen molar-refractivity contribution in [1.29, 1.82) is 0 Å². The molecule has 1 aromatic rings. The zero-order valence-electron chi connectivity index (χ0n) is 12.2. The van der Waals surface area contributed by atoms with Crippen LogP contribution in [-0.2, 0) is 4.74 Å². The first-order valence-electron chi connectivity index (χ1n) is 6.74. The zero-order valence-corrected chi connectivity index (χ0v) is 12.2. The summed E-state index contributed by atoms with van der Waals surface area (Å²) in [4.78, 5) is 17.9. The molecule has 2 heterocycles. The molecule has 0 atom stereocenters. The fourth-order valence-corrected chi connectivity index (χ4v) is 2.06. The van der Waals surface area contributed by atoms with Crippen molar-refractivity contribution in [1.82, 2.24) is 9.88 Å². The normalized spacial score (nSPS) is 15.8. The van der Waals surface area contributed by atoms with E-state index in [1.54, 1.807) is 11.1 Å². The van der Waals surface area contributed by atoms with Gasteiger partial charge < -0.3 is 15.4 Å². The molecule has 0 aliphatic carbocycles. The van der Waals surface area contributed by atoms with Crippen molar-refractivity contribution >= 4 is 17.4 Å².